The molecule has 2 nitrogen and oxygen atoms in total. The van der Waals surface area contributed by atoms with Crippen molar-refractivity contribution in [1.82, 2.24) is 5.43 Å². The molecular weight excluding hydrogens is 148 g/mol. The number of rotatable bonds is 5. The Bertz CT molecular complexity index is 153. The molecule has 0 bridgehead atoms. The SMILES string of the molecule is CC#CCC(CCC(C)C)NN. The highest BCUT2D eigenvalue weighted by Gasteiger charge is 2.04. The summed E-state index contributed by atoms with van der Waals surface area (Å²) in [6.07, 6.45) is 3.18. The molecule has 2 heteroatoms. The second-order valence-electron chi connectivity index (χ2n) is 3.47. The molecule has 12 heavy (non-hydrogen) atoms. The van der Waals surface area contributed by atoms with E-state index in [0.29, 0.717) is 6.04 Å². The number of hydrogen-bond donors (Lipinski definition) is 2. The summed E-state index contributed by atoms with van der Waals surface area (Å²) in [6, 6.07) is 0.361. The van der Waals surface area contributed by atoms with E-state index < -0.39 is 0 Å². The van der Waals surface area contributed by atoms with Crippen LogP contribution in [0.1, 0.15) is 40.0 Å². The molecule has 0 amide bonds. The Morgan fingerprint density at radius 3 is 2.42 bits per heavy atom. The van der Waals surface area contributed by atoms with Crippen LogP contribution in [-0.4, -0.2) is 6.04 Å². The van der Waals surface area contributed by atoms with Gasteiger partial charge in [0.15, 0.2) is 0 Å². The molecule has 0 aliphatic carbocycles. The van der Waals surface area contributed by atoms with Crippen molar-refractivity contribution in [3.63, 3.8) is 0 Å². The molecule has 0 rings (SSSR count). The quantitative estimate of drug-likeness (QED) is 0.372. The van der Waals surface area contributed by atoms with Crippen LogP contribution in [-0.2, 0) is 0 Å². The van der Waals surface area contributed by atoms with Crippen molar-refractivity contribution in [3.05, 3.63) is 0 Å². The van der Waals surface area contributed by atoms with Gasteiger partial charge < -0.3 is 0 Å². The third-order valence-electron chi connectivity index (χ3n) is 1.85. The fourth-order valence-corrected chi connectivity index (χ4v) is 1.00. The lowest BCUT2D eigenvalue weighted by atomic mass is 10.0. The number of nitrogens with two attached hydrogens (primary N) is 1. The predicted molar refractivity (Wildman–Crippen MR) is 53.3 cm³/mol. The van der Waals surface area contributed by atoms with Gasteiger partial charge in [0.2, 0.25) is 0 Å². The van der Waals surface area contributed by atoms with Crippen molar-refractivity contribution in [2.45, 2.75) is 46.1 Å². The summed E-state index contributed by atoms with van der Waals surface area (Å²) < 4.78 is 0. The lowest BCUT2D eigenvalue weighted by molar-refractivity contribution is 0.442. The molecule has 0 saturated carbocycles. The van der Waals surface area contributed by atoms with Crippen LogP contribution in [0.2, 0.25) is 0 Å². The van der Waals surface area contributed by atoms with E-state index in [0.717, 1.165) is 18.8 Å². The molecule has 3 N–H and O–H groups in total. The third kappa shape index (κ3) is 6.21. The predicted octanol–water partition coefficient (Wildman–Crippen LogP) is 1.67. The van der Waals surface area contributed by atoms with Crippen LogP contribution in [0.25, 0.3) is 0 Å². The van der Waals surface area contributed by atoms with Crippen LogP contribution in [0.5, 0.6) is 0 Å². The maximum Gasteiger partial charge on any atom is 0.0320 e. The van der Waals surface area contributed by atoms with Gasteiger partial charge in [0.1, 0.15) is 0 Å². The van der Waals surface area contributed by atoms with Crippen LogP contribution in [0.3, 0.4) is 0 Å². The molecule has 1 unspecified atom stereocenters. The van der Waals surface area contributed by atoms with Crippen LogP contribution >= 0.6 is 0 Å². The molecule has 0 aromatic heterocycles. The molecule has 0 saturated heterocycles. The molecule has 0 fully saturated rings. The molecule has 0 spiro atoms. The number of hydrogen-bond acceptors (Lipinski definition) is 2. The third-order valence-corrected chi connectivity index (χ3v) is 1.85. The molecule has 70 valence electrons. The highest BCUT2D eigenvalue weighted by Crippen LogP contribution is 2.07. The van der Waals surface area contributed by atoms with Gasteiger partial charge in [-0.15, -0.1) is 11.8 Å². The zero-order valence-corrected chi connectivity index (χ0v) is 8.35. The Morgan fingerprint density at radius 2 is 2.00 bits per heavy atom. The molecule has 0 radical (unpaired) electrons. The Balaban J connectivity index is 3.57. The van der Waals surface area contributed by atoms with E-state index in [9.17, 15) is 0 Å². The van der Waals surface area contributed by atoms with E-state index in [-0.39, 0.29) is 0 Å². The highest BCUT2D eigenvalue weighted by molar-refractivity contribution is 4.97. The van der Waals surface area contributed by atoms with E-state index in [1.54, 1.807) is 0 Å². The van der Waals surface area contributed by atoms with Gasteiger partial charge in [-0.05, 0) is 25.7 Å². The number of nitrogens with one attached hydrogen (secondary N) is 1. The van der Waals surface area contributed by atoms with E-state index in [1.807, 2.05) is 6.92 Å². The summed E-state index contributed by atoms with van der Waals surface area (Å²) in [6.45, 7) is 6.30. The molecule has 0 aliphatic rings. The minimum Gasteiger partial charge on any atom is -0.271 e. The van der Waals surface area contributed by atoms with Crippen molar-refractivity contribution in [2.75, 3.05) is 0 Å². The highest BCUT2D eigenvalue weighted by atomic mass is 15.2. The minimum atomic E-state index is 0.361. The second kappa shape index (κ2) is 7.15. The van der Waals surface area contributed by atoms with Gasteiger partial charge in [0, 0.05) is 12.5 Å². The first-order chi connectivity index (χ1) is 5.70. The first kappa shape index (κ1) is 11.5. The monoisotopic (exact) mass is 168 g/mol. The van der Waals surface area contributed by atoms with Gasteiger partial charge in [-0.1, -0.05) is 13.8 Å². The Hall–Kier alpha value is -0.520. The van der Waals surface area contributed by atoms with Crippen LogP contribution in [0.4, 0.5) is 0 Å². The average molecular weight is 168 g/mol. The summed E-state index contributed by atoms with van der Waals surface area (Å²) >= 11 is 0. The lowest BCUT2D eigenvalue weighted by Crippen LogP contribution is -2.34. The fraction of sp³-hybridized carbons (Fsp3) is 0.800. The molecule has 1 atom stereocenters. The standard InChI is InChI=1S/C10H20N2/c1-4-5-6-10(12-11)8-7-9(2)3/h9-10,12H,6-8,11H2,1-3H3. The van der Waals surface area contributed by atoms with Gasteiger partial charge in [0.05, 0.1) is 0 Å². The molecule has 0 aliphatic heterocycles. The maximum atomic E-state index is 5.38. The summed E-state index contributed by atoms with van der Waals surface area (Å²) in [5, 5.41) is 0. The average Bonchev–Trinajstić information content (AvgIpc) is 2.05. The van der Waals surface area contributed by atoms with Gasteiger partial charge >= 0.3 is 0 Å². The minimum absolute atomic E-state index is 0.361. The lowest BCUT2D eigenvalue weighted by Gasteiger charge is -2.13. The normalized spacial score (nSPS) is 12.4. The van der Waals surface area contributed by atoms with Crippen LogP contribution < -0.4 is 11.3 Å². The van der Waals surface area contributed by atoms with Crippen LogP contribution in [0, 0.1) is 17.8 Å². The van der Waals surface area contributed by atoms with E-state index in [4.69, 9.17) is 5.84 Å². The van der Waals surface area contributed by atoms with E-state index >= 15 is 0 Å². The molecule has 0 aromatic carbocycles. The molecule has 0 heterocycles. The maximum absolute atomic E-state index is 5.38. The van der Waals surface area contributed by atoms with Gasteiger partial charge in [0.25, 0.3) is 0 Å². The summed E-state index contributed by atoms with van der Waals surface area (Å²) in [4.78, 5) is 0. The van der Waals surface area contributed by atoms with Crippen molar-refractivity contribution in [1.29, 1.82) is 0 Å². The smallest absolute Gasteiger partial charge is 0.0320 e. The van der Waals surface area contributed by atoms with E-state index in [1.165, 1.54) is 6.42 Å². The Kier molecular flexibility index (Phi) is 6.84. The van der Waals surface area contributed by atoms with Crippen molar-refractivity contribution in [3.8, 4) is 11.8 Å². The summed E-state index contributed by atoms with van der Waals surface area (Å²) in [5.41, 5.74) is 2.79. The second-order valence-corrected chi connectivity index (χ2v) is 3.47. The first-order valence-electron chi connectivity index (χ1n) is 4.56. The first-order valence-corrected chi connectivity index (χ1v) is 4.56. The summed E-state index contributed by atoms with van der Waals surface area (Å²) in [5.74, 6) is 12.0. The van der Waals surface area contributed by atoms with E-state index in [2.05, 4.69) is 31.1 Å². The topological polar surface area (TPSA) is 38.0 Å². The zero-order valence-electron chi connectivity index (χ0n) is 8.35. The van der Waals surface area contributed by atoms with Crippen LogP contribution in [0.15, 0.2) is 0 Å². The summed E-state index contributed by atoms with van der Waals surface area (Å²) in [7, 11) is 0. The molecule has 0 aromatic rings. The van der Waals surface area contributed by atoms with Crippen molar-refractivity contribution >= 4 is 0 Å². The van der Waals surface area contributed by atoms with Crippen molar-refractivity contribution in [2.24, 2.45) is 11.8 Å². The zero-order chi connectivity index (χ0) is 9.40. The van der Waals surface area contributed by atoms with Gasteiger partial charge in [-0.25, -0.2) is 0 Å². The number of hydrazine groups is 1. The molecular formula is C10H20N2. The van der Waals surface area contributed by atoms with Gasteiger partial charge in [-0.2, -0.15) is 0 Å². The van der Waals surface area contributed by atoms with Crippen molar-refractivity contribution < 1.29 is 0 Å². The Morgan fingerprint density at radius 1 is 1.33 bits per heavy atom. The van der Waals surface area contributed by atoms with Gasteiger partial charge in [-0.3, -0.25) is 11.3 Å². The fourth-order valence-electron chi connectivity index (χ4n) is 1.00. The largest absolute Gasteiger partial charge is 0.271 e. The Labute approximate surface area is 75.9 Å².